The van der Waals surface area contributed by atoms with Gasteiger partial charge in [-0.15, -0.1) is 0 Å². The van der Waals surface area contributed by atoms with Crippen molar-refractivity contribution in [3.05, 3.63) is 81.9 Å². The van der Waals surface area contributed by atoms with Crippen LogP contribution in [0.2, 0.25) is 5.02 Å². The smallest absolute Gasteiger partial charge is 0.301 e. The van der Waals surface area contributed by atoms with Crippen LogP contribution in [0.4, 0.5) is 5.13 Å². The van der Waals surface area contributed by atoms with Crippen molar-refractivity contribution in [2.45, 2.75) is 19.4 Å². The lowest BCUT2D eigenvalue weighted by atomic mass is 9.95. The van der Waals surface area contributed by atoms with E-state index in [1.165, 1.54) is 54.7 Å². The van der Waals surface area contributed by atoms with Crippen LogP contribution in [-0.4, -0.2) is 41.1 Å². The first-order chi connectivity index (χ1) is 18.3. The molecule has 0 bridgehead atoms. The van der Waals surface area contributed by atoms with E-state index in [9.17, 15) is 19.8 Å². The van der Waals surface area contributed by atoms with E-state index >= 15 is 0 Å². The number of aryl methyl sites for hydroxylation is 1. The molecule has 1 amide bonds. The van der Waals surface area contributed by atoms with Gasteiger partial charge in [-0.3, -0.25) is 14.5 Å². The van der Waals surface area contributed by atoms with Crippen LogP contribution in [0.3, 0.4) is 0 Å². The third kappa shape index (κ3) is 4.23. The fourth-order valence-corrected chi connectivity index (χ4v) is 5.76. The summed E-state index contributed by atoms with van der Waals surface area (Å²) in [5.41, 5.74) is 2.28. The van der Waals surface area contributed by atoms with Crippen molar-refractivity contribution in [3.8, 4) is 17.2 Å². The zero-order valence-corrected chi connectivity index (χ0v) is 22.3. The molecule has 4 aromatic rings. The maximum Gasteiger partial charge on any atom is 0.301 e. The second kappa shape index (κ2) is 10.00. The summed E-state index contributed by atoms with van der Waals surface area (Å²) in [7, 11) is 2.82. The Morgan fingerprint density at radius 3 is 2.42 bits per heavy atom. The average Bonchev–Trinajstić information content (AvgIpc) is 3.45. The fraction of sp³-hybridized carbons (Fsp3) is 0.179. The number of methoxy groups -OCH3 is 2. The number of fused-ring (bicyclic) bond motifs is 1. The Morgan fingerprint density at radius 1 is 1.05 bits per heavy atom. The number of ketones is 1. The van der Waals surface area contributed by atoms with Gasteiger partial charge in [-0.25, -0.2) is 4.98 Å². The Morgan fingerprint density at radius 2 is 1.76 bits per heavy atom. The number of thiazole rings is 1. The van der Waals surface area contributed by atoms with Crippen LogP contribution in [0.5, 0.6) is 17.2 Å². The maximum atomic E-state index is 13.5. The highest BCUT2D eigenvalue weighted by Crippen LogP contribution is 2.46. The van der Waals surface area contributed by atoms with Gasteiger partial charge in [0.25, 0.3) is 5.78 Å². The van der Waals surface area contributed by atoms with Crippen LogP contribution in [0.15, 0.2) is 60.2 Å². The summed E-state index contributed by atoms with van der Waals surface area (Å²) in [5.74, 6) is -1.71. The number of hydrogen-bond donors (Lipinski definition) is 2. The second-order valence-corrected chi connectivity index (χ2v) is 10.0. The summed E-state index contributed by atoms with van der Waals surface area (Å²) in [6, 6.07) is 13.8. The van der Waals surface area contributed by atoms with E-state index in [4.69, 9.17) is 21.1 Å². The normalized spacial score (nSPS) is 16.8. The van der Waals surface area contributed by atoms with E-state index in [1.807, 2.05) is 25.1 Å². The molecule has 1 saturated heterocycles. The van der Waals surface area contributed by atoms with Gasteiger partial charge in [0.2, 0.25) is 0 Å². The molecule has 10 heteroatoms. The molecule has 0 saturated carbocycles. The van der Waals surface area contributed by atoms with Gasteiger partial charge in [-0.05, 0) is 47.9 Å². The molecular formula is C28H23ClN2O6S. The highest BCUT2D eigenvalue weighted by molar-refractivity contribution is 7.22. The Balaban J connectivity index is 1.75. The minimum absolute atomic E-state index is 0.0156. The molecule has 1 aliphatic rings. The highest BCUT2D eigenvalue weighted by atomic mass is 35.5. The number of rotatable bonds is 6. The van der Waals surface area contributed by atoms with Crippen molar-refractivity contribution in [1.82, 2.24) is 4.98 Å². The molecule has 194 valence electrons. The molecular weight excluding hydrogens is 528 g/mol. The van der Waals surface area contributed by atoms with Gasteiger partial charge in [-0.1, -0.05) is 48.1 Å². The zero-order valence-electron chi connectivity index (χ0n) is 20.7. The van der Waals surface area contributed by atoms with Crippen molar-refractivity contribution >= 4 is 55.7 Å². The zero-order chi connectivity index (χ0) is 27.1. The lowest BCUT2D eigenvalue weighted by molar-refractivity contribution is -0.132. The SMILES string of the molecule is CCc1ccc2nc(N3C(=O)C(=O)/C(=C(/O)c4cc(OC)c(Cl)cc4OC)C3c3ccc(O)cc3)sc2c1. The monoisotopic (exact) mass is 550 g/mol. The summed E-state index contributed by atoms with van der Waals surface area (Å²) in [4.78, 5) is 32.9. The predicted molar refractivity (Wildman–Crippen MR) is 146 cm³/mol. The number of nitrogens with zero attached hydrogens (tertiary/aromatic N) is 2. The summed E-state index contributed by atoms with van der Waals surface area (Å²) in [6.07, 6.45) is 0.841. The Bertz CT molecular complexity index is 1610. The number of Topliss-reactive ketones (excluding diaryl/α,β-unsaturated/α-hetero) is 1. The number of phenols is 1. The number of carbonyl (C=O) groups excluding carboxylic acids is 2. The van der Waals surface area contributed by atoms with Gasteiger partial charge in [0.05, 0.1) is 46.6 Å². The minimum atomic E-state index is -1.02. The van der Waals surface area contributed by atoms with Crippen LogP contribution in [-0.2, 0) is 16.0 Å². The van der Waals surface area contributed by atoms with Crippen LogP contribution >= 0.6 is 22.9 Å². The van der Waals surface area contributed by atoms with Crippen LogP contribution in [0, 0.1) is 0 Å². The van der Waals surface area contributed by atoms with E-state index in [0.29, 0.717) is 16.2 Å². The predicted octanol–water partition coefficient (Wildman–Crippen LogP) is 5.86. The van der Waals surface area contributed by atoms with E-state index in [2.05, 4.69) is 4.98 Å². The third-order valence-corrected chi connectivity index (χ3v) is 7.75. The van der Waals surface area contributed by atoms with Gasteiger partial charge in [0.1, 0.15) is 23.0 Å². The minimum Gasteiger partial charge on any atom is -0.508 e. The van der Waals surface area contributed by atoms with Crippen molar-refractivity contribution in [3.63, 3.8) is 0 Å². The number of ether oxygens (including phenoxy) is 2. The van der Waals surface area contributed by atoms with Crippen LogP contribution in [0.25, 0.3) is 16.0 Å². The molecule has 1 fully saturated rings. The van der Waals surface area contributed by atoms with Gasteiger partial charge in [-0.2, -0.15) is 0 Å². The van der Waals surface area contributed by atoms with E-state index in [1.54, 1.807) is 12.1 Å². The molecule has 1 aliphatic heterocycles. The summed E-state index contributed by atoms with van der Waals surface area (Å²) in [5, 5.41) is 22.0. The molecule has 2 heterocycles. The standard InChI is InChI=1S/C28H23ClN2O6S/c1-4-14-5-10-19-22(11-14)38-28(30-19)31-24(15-6-8-16(32)9-7-15)23(26(34)27(31)35)25(33)17-12-21(37-3)18(29)13-20(17)36-2/h5-13,24,32-33H,4H2,1-3H3/b25-23+. The number of halogens is 1. The summed E-state index contributed by atoms with van der Waals surface area (Å²) in [6.45, 7) is 2.05. The van der Waals surface area contributed by atoms with E-state index in [-0.39, 0.29) is 33.4 Å². The first-order valence-electron chi connectivity index (χ1n) is 11.7. The summed E-state index contributed by atoms with van der Waals surface area (Å²) >= 11 is 7.52. The number of benzene rings is 3. The molecule has 0 spiro atoms. The van der Waals surface area contributed by atoms with Crippen molar-refractivity contribution in [1.29, 1.82) is 0 Å². The first kappa shape index (κ1) is 25.6. The highest BCUT2D eigenvalue weighted by Gasteiger charge is 2.48. The molecule has 2 N–H and O–H groups in total. The number of aromatic nitrogens is 1. The second-order valence-electron chi connectivity index (χ2n) is 8.60. The van der Waals surface area contributed by atoms with Crippen LogP contribution < -0.4 is 14.4 Å². The maximum absolute atomic E-state index is 13.5. The van der Waals surface area contributed by atoms with Crippen LogP contribution in [0.1, 0.15) is 29.7 Å². The number of hydrogen-bond acceptors (Lipinski definition) is 8. The molecule has 1 atom stereocenters. The first-order valence-corrected chi connectivity index (χ1v) is 12.9. The van der Waals surface area contributed by atoms with Gasteiger partial charge in [0.15, 0.2) is 5.13 Å². The molecule has 5 rings (SSSR count). The lowest BCUT2D eigenvalue weighted by Crippen LogP contribution is -2.29. The van der Waals surface area contributed by atoms with Gasteiger partial charge in [0, 0.05) is 6.07 Å². The molecule has 3 aromatic carbocycles. The Labute approximate surface area is 227 Å². The van der Waals surface area contributed by atoms with Crippen molar-refractivity contribution < 1.29 is 29.3 Å². The Kier molecular flexibility index (Phi) is 6.73. The summed E-state index contributed by atoms with van der Waals surface area (Å²) < 4.78 is 11.6. The van der Waals surface area contributed by atoms with Gasteiger partial charge >= 0.3 is 5.91 Å². The fourth-order valence-electron chi connectivity index (χ4n) is 4.47. The van der Waals surface area contributed by atoms with Gasteiger partial charge < -0.3 is 19.7 Å². The van der Waals surface area contributed by atoms with E-state index < -0.39 is 23.5 Å². The number of carbonyl (C=O) groups is 2. The van der Waals surface area contributed by atoms with Crippen molar-refractivity contribution in [2.75, 3.05) is 19.1 Å². The Hall–Kier alpha value is -4.08. The molecule has 0 radical (unpaired) electrons. The van der Waals surface area contributed by atoms with Crippen molar-refractivity contribution in [2.24, 2.45) is 0 Å². The average molecular weight is 551 g/mol. The van der Waals surface area contributed by atoms with E-state index in [0.717, 1.165) is 16.7 Å². The number of amides is 1. The number of aliphatic hydroxyl groups excluding tert-OH is 1. The molecule has 38 heavy (non-hydrogen) atoms. The molecule has 1 aromatic heterocycles. The molecule has 0 aliphatic carbocycles. The number of aromatic hydroxyl groups is 1. The largest absolute Gasteiger partial charge is 0.508 e. The number of anilines is 1. The topological polar surface area (TPSA) is 109 Å². The lowest BCUT2D eigenvalue weighted by Gasteiger charge is -2.23. The molecule has 1 unspecified atom stereocenters. The number of aliphatic hydroxyl groups is 1. The quantitative estimate of drug-likeness (QED) is 0.176. The number of phenolic OH excluding ortho intramolecular Hbond substituents is 1. The molecule has 8 nitrogen and oxygen atoms in total. The third-order valence-electron chi connectivity index (χ3n) is 6.44.